The number of fused-ring (bicyclic) bond motifs is 3. The molecule has 0 radical (unpaired) electrons. The van der Waals surface area contributed by atoms with Crippen LogP contribution in [0.4, 0.5) is 0 Å². The van der Waals surface area contributed by atoms with Crippen molar-refractivity contribution in [2.45, 2.75) is 24.2 Å². The molecule has 27 heavy (non-hydrogen) atoms. The summed E-state index contributed by atoms with van der Waals surface area (Å²) in [7, 11) is 2.06. The third-order valence-corrected chi connectivity index (χ3v) is 9.39. The predicted octanol–water partition coefficient (Wildman–Crippen LogP) is 4.80. The zero-order valence-electron chi connectivity index (χ0n) is 16.4. The van der Waals surface area contributed by atoms with Crippen LogP contribution in [0.1, 0.15) is 11.1 Å². The van der Waals surface area contributed by atoms with Crippen LogP contribution < -0.4 is 8.96 Å². The Balaban J connectivity index is 2.19. The standard InChI is InChI=1S/C23H23GeN2O/c1-15-9-11-17-18-12-10-16(14-25)21(24(2,3)4)23(18)27-22(17)20(15)19-8-6-7-13-26(19)5/h6-13H,1-5H3/q+1. The van der Waals surface area contributed by atoms with Crippen molar-refractivity contribution in [2.24, 2.45) is 7.05 Å². The van der Waals surface area contributed by atoms with Crippen molar-refractivity contribution in [1.82, 2.24) is 0 Å². The molecule has 2 aromatic heterocycles. The molecule has 0 atom stereocenters. The monoisotopic (exact) mass is 417 g/mol. The van der Waals surface area contributed by atoms with Crippen LogP contribution in [0, 0.1) is 18.3 Å². The van der Waals surface area contributed by atoms with Crippen molar-refractivity contribution < 1.29 is 8.98 Å². The van der Waals surface area contributed by atoms with Gasteiger partial charge in [0.05, 0.1) is 0 Å². The molecule has 4 aromatic rings. The fourth-order valence-electron chi connectivity index (χ4n) is 3.94. The molecule has 4 rings (SSSR count). The number of aromatic nitrogens is 1. The van der Waals surface area contributed by atoms with E-state index in [0.29, 0.717) is 0 Å². The molecule has 2 heterocycles. The molecular formula is C23H23GeN2O+. The molecule has 2 aromatic carbocycles. The first-order valence-electron chi connectivity index (χ1n) is 9.17. The minimum atomic E-state index is -2.32. The summed E-state index contributed by atoms with van der Waals surface area (Å²) in [4.78, 5) is 0. The molecule has 0 bridgehead atoms. The van der Waals surface area contributed by atoms with Gasteiger partial charge in [0.15, 0.2) is 0 Å². The second-order valence-electron chi connectivity index (χ2n) is 8.16. The van der Waals surface area contributed by atoms with Gasteiger partial charge in [-0.05, 0) is 0 Å². The Kier molecular flexibility index (Phi) is 4.12. The van der Waals surface area contributed by atoms with Gasteiger partial charge in [-0.1, -0.05) is 0 Å². The Bertz CT molecular complexity index is 1240. The summed E-state index contributed by atoms with van der Waals surface area (Å²) in [5, 5.41) is 11.9. The predicted molar refractivity (Wildman–Crippen MR) is 113 cm³/mol. The zero-order chi connectivity index (χ0) is 19.3. The van der Waals surface area contributed by atoms with Crippen molar-refractivity contribution in [3.05, 3.63) is 59.8 Å². The van der Waals surface area contributed by atoms with E-state index in [1.165, 1.54) is 5.56 Å². The molecule has 0 spiro atoms. The molecule has 0 saturated heterocycles. The normalized spacial score (nSPS) is 11.9. The maximum atomic E-state index is 9.66. The molecule has 0 N–H and O–H groups in total. The van der Waals surface area contributed by atoms with Gasteiger partial charge in [0.25, 0.3) is 0 Å². The van der Waals surface area contributed by atoms with E-state index in [9.17, 15) is 5.26 Å². The zero-order valence-corrected chi connectivity index (χ0v) is 18.5. The van der Waals surface area contributed by atoms with E-state index in [1.54, 1.807) is 0 Å². The average Bonchev–Trinajstić information content (AvgIpc) is 2.99. The number of furan rings is 1. The first kappa shape index (κ1) is 17.8. The van der Waals surface area contributed by atoms with Crippen LogP contribution in [-0.2, 0) is 7.05 Å². The van der Waals surface area contributed by atoms with Crippen LogP contribution >= 0.6 is 0 Å². The number of rotatable bonds is 2. The summed E-state index contributed by atoms with van der Waals surface area (Å²) in [5.74, 6) is 6.93. The fourth-order valence-corrected chi connectivity index (χ4v) is 7.75. The van der Waals surface area contributed by atoms with Crippen molar-refractivity contribution in [3.8, 4) is 17.3 Å². The van der Waals surface area contributed by atoms with E-state index in [0.717, 1.165) is 43.2 Å². The molecular weight excluding hydrogens is 393 g/mol. The summed E-state index contributed by atoms with van der Waals surface area (Å²) in [6.45, 7) is 2.12. The van der Waals surface area contributed by atoms with Crippen LogP contribution in [0.3, 0.4) is 0 Å². The number of hydrogen-bond donors (Lipinski definition) is 0. The molecule has 0 unspecified atom stereocenters. The van der Waals surface area contributed by atoms with Gasteiger partial charge in [0, 0.05) is 0 Å². The van der Waals surface area contributed by atoms with Gasteiger partial charge >= 0.3 is 162 Å². The molecule has 0 saturated carbocycles. The number of nitrogens with zero attached hydrogens (tertiary/aromatic N) is 2. The van der Waals surface area contributed by atoms with Gasteiger partial charge in [-0.3, -0.25) is 0 Å². The van der Waals surface area contributed by atoms with Gasteiger partial charge in [0.1, 0.15) is 0 Å². The van der Waals surface area contributed by atoms with Gasteiger partial charge in [-0.15, -0.1) is 0 Å². The second kappa shape index (κ2) is 6.25. The third kappa shape index (κ3) is 2.76. The van der Waals surface area contributed by atoms with Crippen molar-refractivity contribution >= 4 is 39.6 Å². The molecule has 4 heteroatoms. The second-order valence-corrected chi connectivity index (χ2v) is 18.6. The quantitative estimate of drug-likeness (QED) is 0.348. The fraction of sp³-hybridized carbons (Fsp3) is 0.217. The van der Waals surface area contributed by atoms with Crippen LogP contribution in [0.5, 0.6) is 0 Å². The summed E-state index contributed by atoms with van der Waals surface area (Å²) in [6, 6.07) is 16.9. The van der Waals surface area contributed by atoms with E-state index in [4.69, 9.17) is 4.42 Å². The van der Waals surface area contributed by atoms with E-state index in [-0.39, 0.29) is 0 Å². The maximum absolute atomic E-state index is 9.66. The van der Waals surface area contributed by atoms with Crippen molar-refractivity contribution in [1.29, 1.82) is 5.26 Å². The Morgan fingerprint density at radius 1 is 0.963 bits per heavy atom. The van der Waals surface area contributed by atoms with Crippen LogP contribution in [0.25, 0.3) is 33.2 Å². The number of aryl methyl sites for hydroxylation is 2. The first-order chi connectivity index (χ1) is 12.8. The molecule has 0 fully saturated rings. The summed E-state index contributed by atoms with van der Waals surface area (Å²) in [5.41, 5.74) is 6.01. The van der Waals surface area contributed by atoms with E-state index >= 15 is 0 Å². The summed E-state index contributed by atoms with van der Waals surface area (Å²) >= 11 is -2.32. The van der Waals surface area contributed by atoms with E-state index in [1.807, 2.05) is 18.2 Å². The van der Waals surface area contributed by atoms with Crippen LogP contribution in [0.2, 0.25) is 17.3 Å². The summed E-state index contributed by atoms with van der Waals surface area (Å²) < 4.78 is 9.84. The number of benzene rings is 2. The van der Waals surface area contributed by atoms with Gasteiger partial charge < -0.3 is 0 Å². The third-order valence-electron chi connectivity index (χ3n) is 5.20. The Hall–Kier alpha value is -2.58. The Morgan fingerprint density at radius 2 is 1.67 bits per heavy atom. The molecule has 134 valence electrons. The number of nitriles is 1. The van der Waals surface area contributed by atoms with Crippen LogP contribution in [-0.4, -0.2) is 13.3 Å². The molecule has 0 aliphatic carbocycles. The number of pyridine rings is 1. The SMILES string of the molecule is Cc1ccc2c(oc3[c]([Ge]([CH3])([CH3])[CH3])c(C#N)ccc32)c1-c1cccc[n+]1C. The van der Waals surface area contributed by atoms with Crippen molar-refractivity contribution in [2.75, 3.05) is 0 Å². The van der Waals surface area contributed by atoms with E-state index in [2.05, 4.69) is 72.3 Å². The van der Waals surface area contributed by atoms with Gasteiger partial charge in [-0.25, -0.2) is 0 Å². The molecule has 0 aliphatic rings. The van der Waals surface area contributed by atoms with E-state index < -0.39 is 13.3 Å². The van der Waals surface area contributed by atoms with Crippen LogP contribution in [0.15, 0.2) is 53.1 Å². The first-order valence-corrected chi connectivity index (χ1v) is 16.5. The Morgan fingerprint density at radius 3 is 2.33 bits per heavy atom. The topological polar surface area (TPSA) is 40.8 Å². The Labute approximate surface area is 162 Å². The van der Waals surface area contributed by atoms with Gasteiger partial charge in [-0.2, -0.15) is 0 Å². The average molecular weight is 416 g/mol. The molecule has 0 amide bonds. The van der Waals surface area contributed by atoms with Crippen molar-refractivity contribution in [3.63, 3.8) is 0 Å². The minimum absolute atomic E-state index is 0.762. The molecule has 0 aliphatic heterocycles. The molecule has 3 nitrogen and oxygen atoms in total. The van der Waals surface area contributed by atoms with Gasteiger partial charge in [0.2, 0.25) is 0 Å². The number of hydrogen-bond acceptors (Lipinski definition) is 2. The summed E-state index contributed by atoms with van der Waals surface area (Å²) in [6.07, 6.45) is 2.06.